The van der Waals surface area contributed by atoms with Gasteiger partial charge in [-0.05, 0) is 38.5 Å². The quantitative estimate of drug-likeness (QED) is 0.898. The number of hydrogen-bond donors (Lipinski definition) is 2. The Morgan fingerprint density at radius 2 is 2.23 bits per heavy atom. The number of nitrogens with one attached hydrogen (secondary N) is 1. The maximum absolute atomic E-state index is 12.4. The number of urea groups is 1. The van der Waals surface area contributed by atoms with E-state index in [1.807, 2.05) is 30.9 Å². The lowest BCUT2D eigenvalue weighted by atomic mass is 10.2. The molecule has 22 heavy (non-hydrogen) atoms. The van der Waals surface area contributed by atoms with Gasteiger partial charge in [0.1, 0.15) is 0 Å². The van der Waals surface area contributed by atoms with E-state index in [1.54, 1.807) is 13.0 Å². The van der Waals surface area contributed by atoms with Gasteiger partial charge >= 0.3 is 6.03 Å². The van der Waals surface area contributed by atoms with Crippen molar-refractivity contribution in [2.45, 2.75) is 32.9 Å². The molecule has 0 aromatic heterocycles. The number of rotatable bonds is 3. The second kappa shape index (κ2) is 7.31. The second-order valence-electron chi connectivity index (χ2n) is 6.05. The summed E-state index contributed by atoms with van der Waals surface area (Å²) in [6.45, 7) is 8.58. The third kappa shape index (κ3) is 4.35. The number of piperazine rings is 1. The van der Waals surface area contributed by atoms with Crippen LogP contribution >= 0.6 is 11.6 Å². The van der Waals surface area contributed by atoms with Crippen LogP contribution in [-0.2, 0) is 0 Å². The molecule has 0 aliphatic carbocycles. The van der Waals surface area contributed by atoms with E-state index in [1.165, 1.54) is 0 Å². The van der Waals surface area contributed by atoms with Gasteiger partial charge in [0.15, 0.2) is 0 Å². The van der Waals surface area contributed by atoms with Crippen molar-refractivity contribution < 1.29 is 9.90 Å². The van der Waals surface area contributed by atoms with Gasteiger partial charge in [0.25, 0.3) is 0 Å². The zero-order chi connectivity index (χ0) is 16.3. The molecule has 0 unspecified atom stereocenters. The molecule has 1 aliphatic heterocycles. The maximum Gasteiger partial charge on any atom is 0.322 e. The van der Waals surface area contributed by atoms with Crippen molar-refractivity contribution in [2.24, 2.45) is 0 Å². The topological polar surface area (TPSA) is 55.8 Å². The number of aryl methyl sites for hydroxylation is 1. The van der Waals surface area contributed by atoms with Crippen molar-refractivity contribution in [3.05, 3.63) is 28.8 Å². The molecule has 0 spiro atoms. The van der Waals surface area contributed by atoms with Gasteiger partial charge in [0.05, 0.1) is 6.10 Å². The smallest absolute Gasteiger partial charge is 0.322 e. The molecule has 1 fully saturated rings. The van der Waals surface area contributed by atoms with Crippen LogP contribution in [0.5, 0.6) is 0 Å². The highest BCUT2D eigenvalue weighted by molar-refractivity contribution is 6.31. The molecule has 0 bridgehead atoms. The van der Waals surface area contributed by atoms with E-state index < -0.39 is 0 Å². The normalized spacial score (nSPS) is 20.8. The monoisotopic (exact) mass is 325 g/mol. The number of carbonyl (C=O) groups excluding carboxylic acids is 1. The number of anilines is 1. The first kappa shape index (κ1) is 17.1. The fourth-order valence-corrected chi connectivity index (χ4v) is 2.92. The predicted octanol–water partition coefficient (Wildman–Crippen LogP) is 2.57. The Morgan fingerprint density at radius 1 is 1.50 bits per heavy atom. The van der Waals surface area contributed by atoms with E-state index in [4.69, 9.17) is 11.6 Å². The Bertz CT molecular complexity index is 536. The van der Waals surface area contributed by atoms with Crippen LogP contribution in [0.2, 0.25) is 5.02 Å². The van der Waals surface area contributed by atoms with Gasteiger partial charge in [0.2, 0.25) is 0 Å². The van der Waals surface area contributed by atoms with Crippen LogP contribution in [0.1, 0.15) is 19.4 Å². The number of halogens is 1. The van der Waals surface area contributed by atoms with Crippen LogP contribution in [0.25, 0.3) is 0 Å². The van der Waals surface area contributed by atoms with Gasteiger partial charge < -0.3 is 15.3 Å². The largest absolute Gasteiger partial charge is 0.392 e. The Balaban J connectivity index is 1.94. The van der Waals surface area contributed by atoms with Crippen molar-refractivity contribution in [2.75, 3.05) is 31.5 Å². The summed E-state index contributed by atoms with van der Waals surface area (Å²) in [5, 5.41) is 13.0. The van der Waals surface area contributed by atoms with Crippen LogP contribution in [0.15, 0.2) is 18.2 Å². The first-order chi connectivity index (χ1) is 10.4. The highest BCUT2D eigenvalue weighted by Crippen LogP contribution is 2.21. The predicted molar refractivity (Wildman–Crippen MR) is 89.5 cm³/mol. The van der Waals surface area contributed by atoms with E-state index in [2.05, 4.69) is 10.2 Å². The second-order valence-corrected chi connectivity index (χ2v) is 6.45. The molecule has 122 valence electrons. The van der Waals surface area contributed by atoms with Gasteiger partial charge in [-0.25, -0.2) is 4.79 Å². The molecule has 2 atom stereocenters. The zero-order valence-corrected chi connectivity index (χ0v) is 14.1. The molecule has 2 rings (SSSR count). The molecule has 1 aromatic carbocycles. The lowest BCUT2D eigenvalue weighted by Gasteiger charge is -2.40. The number of carbonyl (C=O) groups is 1. The summed E-state index contributed by atoms with van der Waals surface area (Å²) >= 11 is 6.08. The summed E-state index contributed by atoms with van der Waals surface area (Å²) in [5.41, 5.74) is 1.69. The number of benzene rings is 1. The fourth-order valence-electron chi connectivity index (χ4n) is 2.74. The minimum Gasteiger partial charge on any atom is -0.392 e. The summed E-state index contributed by atoms with van der Waals surface area (Å²) in [6, 6.07) is 5.51. The van der Waals surface area contributed by atoms with E-state index >= 15 is 0 Å². The molecule has 6 heteroatoms. The minimum atomic E-state index is -0.345. The van der Waals surface area contributed by atoms with Crippen LogP contribution in [-0.4, -0.2) is 59.3 Å². The minimum absolute atomic E-state index is 0.105. The Morgan fingerprint density at radius 3 is 2.82 bits per heavy atom. The lowest BCUT2D eigenvalue weighted by Crippen LogP contribution is -2.56. The molecule has 1 heterocycles. The van der Waals surface area contributed by atoms with Crippen LogP contribution < -0.4 is 5.32 Å². The van der Waals surface area contributed by atoms with Gasteiger partial charge in [-0.2, -0.15) is 0 Å². The number of hydrogen-bond acceptors (Lipinski definition) is 3. The molecular formula is C16H24ClN3O2. The summed E-state index contributed by atoms with van der Waals surface area (Å²) in [7, 11) is 0. The maximum atomic E-state index is 12.4. The average molecular weight is 326 g/mol. The van der Waals surface area contributed by atoms with Crippen molar-refractivity contribution in [3.63, 3.8) is 0 Å². The molecule has 2 N–H and O–H groups in total. The van der Waals surface area contributed by atoms with Crippen molar-refractivity contribution in [1.82, 2.24) is 9.80 Å². The van der Waals surface area contributed by atoms with Crippen molar-refractivity contribution >= 4 is 23.3 Å². The third-order valence-electron chi connectivity index (χ3n) is 3.92. The van der Waals surface area contributed by atoms with E-state index in [0.29, 0.717) is 23.8 Å². The summed E-state index contributed by atoms with van der Waals surface area (Å²) in [6.07, 6.45) is -0.345. The van der Waals surface area contributed by atoms with Crippen molar-refractivity contribution in [1.29, 1.82) is 0 Å². The highest BCUT2D eigenvalue weighted by atomic mass is 35.5. The Labute approximate surface area is 136 Å². The number of nitrogens with zero attached hydrogens (tertiary/aromatic N) is 2. The van der Waals surface area contributed by atoms with Gasteiger partial charge in [0, 0.05) is 42.9 Å². The summed E-state index contributed by atoms with van der Waals surface area (Å²) < 4.78 is 0. The third-order valence-corrected chi connectivity index (χ3v) is 4.33. The Hall–Kier alpha value is -1.30. The van der Waals surface area contributed by atoms with E-state index in [0.717, 1.165) is 18.7 Å². The molecule has 1 aliphatic rings. The SMILES string of the molecule is Cc1ccc(NC(=O)N2CCN(C[C@@H](C)O)C[C@@H]2C)cc1Cl. The van der Waals surface area contributed by atoms with Crippen molar-refractivity contribution in [3.8, 4) is 0 Å². The number of aliphatic hydroxyl groups is 1. The number of β-amino-alcohol motifs (C(OH)–C–C–N with tert-alkyl or cyclic N) is 1. The van der Waals surface area contributed by atoms with Crippen LogP contribution in [0.4, 0.5) is 10.5 Å². The first-order valence-electron chi connectivity index (χ1n) is 7.61. The van der Waals surface area contributed by atoms with Gasteiger partial charge in [-0.1, -0.05) is 17.7 Å². The first-order valence-corrected chi connectivity index (χ1v) is 7.99. The van der Waals surface area contributed by atoms with E-state index in [-0.39, 0.29) is 18.2 Å². The molecule has 5 nitrogen and oxygen atoms in total. The van der Waals surface area contributed by atoms with Gasteiger partial charge in [-0.15, -0.1) is 0 Å². The number of amides is 2. The lowest BCUT2D eigenvalue weighted by molar-refractivity contribution is 0.0692. The summed E-state index contributed by atoms with van der Waals surface area (Å²) in [5.74, 6) is 0. The zero-order valence-electron chi connectivity index (χ0n) is 13.3. The Kier molecular flexibility index (Phi) is 5.67. The van der Waals surface area contributed by atoms with Crippen LogP contribution in [0.3, 0.4) is 0 Å². The number of aliphatic hydroxyl groups excluding tert-OH is 1. The molecular weight excluding hydrogens is 302 g/mol. The fraction of sp³-hybridized carbons (Fsp3) is 0.562. The molecule has 0 saturated carbocycles. The standard InChI is InChI=1S/C16H24ClN3O2/c1-11-4-5-14(8-15(11)17)18-16(22)20-7-6-19(9-12(20)2)10-13(3)21/h4-5,8,12-13,21H,6-7,9-10H2,1-3H3,(H,18,22)/t12-,13+/m0/s1. The van der Waals surface area contributed by atoms with E-state index in [9.17, 15) is 9.90 Å². The molecule has 1 saturated heterocycles. The highest BCUT2D eigenvalue weighted by Gasteiger charge is 2.27. The summed E-state index contributed by atoms with van der Waals surface area (Å²) in [4.78, 5) is 16.4. The van der Waals surface area contributed by atoms with Crippen LogP contribution in [0, 0.1) is 6.92 Å². The van der Waals surface area contributed by atoms with Gasteiger partial charge in [-0.3, -0.25) is 4.90 Å². The molecule has 2 amide bonds. The molecule has 1 aromatic rings. The molecule has 0 radical (unpaired) electrons. The average Bonchev–Trinajstić information content (AvgIpc) is 2.42.